The Balaban J connectivity index is 1.91. The van der Waals surface area contributed by atoms with Crippen LogP contribution in [0.25, 0.3) is 0 Å². The number of carbonyl (C=O) groups is 1. The van der Waals surface area contributed by atoms with E-state index >= 15 is 0 Å². The van der Waals surface area contributed by atoms with Gasteiger partial charge in [0.2, 0.25) is 0 Å². The van der Waals surface area contributed by atoms with Crippen LogP contribution in [0.1, 0.15) is 31.2 Å². The average Bonchev–Trinajstić information content (AvgIpc) is 3.64. The first-order valence-electron chi connectivity index (χ1n) is 10.9. The second-order valence-corrected chi connectivity index (χ2v) is 10.8. The number of aliphatic hydroxyl groups is 1. The minimum Gasteiger partial charge on any atom is -0.399 e. The molecule has 1 aromatic carbocycles. The van der Waals surface area contributed by atoms with Gasteiger partial charge in [-0.3, -0.25) is 0 Å². The minimum absolute atomic E-state index is 0.141. The number of nitrogens with two attached hydrogens (primary N) is 2. The summed E-state index contributed by atoms with van der Waals surface area (Å²) in [6, 6.07) is 6.23. The van der Waals surface area contributed by atoms with Crippen molar-refractivity contribution in [1.82, 2.24) is 10.6 Å². The predicted molar refractivity (Wildman–Crippen MR) is 129 cm³/mol. The van der Waals surface area contributed by atoms with Crippen LogP contribution < -0.4 is 27.4 Å². The molecule has 33 heavy (non-hydrogen) atoms. The molecule has 1 saturated heterocycles. The largest absolute Gasteiger partial charge is 0.399 e. The maximum atomic E-state index is 13.5. The zero-order valence-electron chi connectivity index (χ0n) is 18.5. The highest BCUT2D eigenvalue weighted by molar-refractivity contribution is 7.93. The van der Waals surface area contributed by atoms with Crippen molar-refractivity contribution < 1.29 is 18.3 Å². The third kappa shape index (κ3) is 5.73. The van der Waals surface area contributed by atoms with E-state index in [2.05, 4.69) is 27.5 Å². The predicted octanol–water partition coefficient (Wildman–Crippen LogP) is 0.561. The molecule has 1 saturated carbocycles. The number of hydrogen-bond acceptors (Lipinski definition) is 7. The van der Waals surface area contributed by atoms with Crippen LogP contribution in [-0.4, -0.2) is 61.6 Å². The van der Waals surface area contributed by atoms with E-state index in [1.807, 2.05) is 0 Å². The second kappa shape index (κ2) is 10.4. The number of carbonyl (C=O) groups excluding carboxylic acids is 1. The third-order valence-electron chi connectivity index (χ3n) is 5.78. The Bertz CT molecular complexity index is 1040. The molecule has 0 aromatic heterocycles. The molecule has 1 aliphatic heterocycles. The maximum absolute atomic E-state index is 13.5. The molecule has 0 spiro atoms. The number of benzene rings is 1. The van der Waals surface area contributed by atoms with Crippen LogP contribution in [0.4, 0.5) is 10.5 Å². The number of sulfone groups is 1. The zero-order chi connectivity index (χ0) is 24.1. The smallest absolute Gasteiger partial charge is 0.319 e. The van der Waals surface area contributed by atoms with Crippen molar-refractivity contribution in [3.05, 3.63) is 53.9 Å². The fourth-order valence-electron chi connectivity index (χ4n) is 3.92. The van der Waals surface area contributed by atoms with E-state index in [9.17, 15) is 13.2 Å². The van der Waals surface area contributed by atoms with Crippen molar-refractivity contribution in [2.75, 3.05) is 31.6 Å². The van der Waals surface area contributed by atoms with Crippen LogP contribution in [0.2, 0.25) is 0 Å². The Morgan fingerprint density at radius 1 is 1.24 bits per heavy atom. The van der Waals surface area contributed by atoms with Crippen LogP contribution in [-0.2, 0) is 9.84 Å². The summed E-state index contributed by atoms with van der Waals surface area (Å²) in [6.07, 6.45) is 3.60. The fraction of sp³-hybridized carbons (Fsp3) is 0.455. The fourth-order valence-corrected chi connectivity index (χ4v) is 6.48. The average molecular weight is 477 g/mol. The molecule has 11 heteroatoms. The van der Waals surface area contributed by atoms with Gasteiger partial charge in [-0.15, -0.1) is 0 Å². The first-order chi connectivity index (χ1) is 15.7. The van der Waals surface area contributed by atoms with E-state index in [1.54, 1.807) is 24.3 Å². The minimum atomic E-state index is -3.49. The summed E-state index contributed by atoms with van der Waals surface area (Å²) in [4.78, 5) is 16.3. The monoisotopic (exact) mass is 476 g/mol. The molecule has 3 rings (SSSR count). The van der Waals surface area contributed by atoms with Gasteiger partial charge in [0.15, 0.2) is 9.84 Å². The first kappa shape index (κ1) is 24.7. The van der Waals surface area contributed by atoms with Crippen LogP contribution >= 0.6 is 0 Å². The number of nitrogens with zero attached hydrogens (tertiary/aromatic N) is 1. The number of amides is 2. The van der Waals surface area contributed by atoms with Gasteiger partial charge >= 0.3 is 6.03 Å². The summed E-state index contributed by atoms with van der Waals surface area (Å²) in [5.41, 5.74) is 13.8. The Morgan fingerprint density at radius 3 is 2.42 bits per heavy atom. The topological polar surface area (TPSA) is 172 Å². The quantitative estimate of drug-likeness (QED) is 0.172. The van der Waals surface area contributed by atoms with Gasteiger partial charge in [0, 0.05) is 23.5 Å². The van der Waals surface area contributed by atoms with Crippen LogP contribution in [0.3, 0.4) is 0 Å². The highest BCUT2D eigenvalue weighted by atomic mass is 32.2. The number of aliphatic hydroxyl groups excluding tert-OH is 1. The van der Waals surface area contributed by atoms with Gasteiger partial charge in [-0.05, 0) is 69.1 Å². The van der Waals surface area contributed by atoms with E-state index in [0.29, 0.717) is 55.7 Å². The Hall–Kier alpha value is -2.89. The van der Waals surface area contributed by atoms with Gasteiger partial charge in [0.1, 0.15) is 10.6 Å². The number of piperidine rings is 1. The molecule has 0 bridgehead atoms. The lowest BCUT2D eigenvalue weighted by Gasteiger charge is -2.37. The number of nitrogens with one attached hydrogen (secondary N) is 3. The number of rotatable bonds is 9. The summed E-state index contributed by atoms with van der Waals surface area (Å²) in [6.45, 7) is 4.81. The van der Waals surface area contributed by atoms with Gasteiger partial charge < -0.3 is 32.5 Å². The number of hydrogen-bond donors (Lipinski definition) is 6. The summed E-state index contributed by atoms with van der Waals surface area (Å²) in [7, 11) is -3.49. The van der Waals surface area contributed by atoms with Gasteiger partial charge in [0.25, 0.3) is 0 Å². The molecule has 2 amide bonds. The zero-order valence-corrected chi connectivity index (χ0v) is 19.3. The lowest BCUT2D eigenvalue weighted by molar-refractivity contribution is 0.245. The van der Waals surface area contributed by atoms with Crippen molar-refractivity contribution in [2.24, 2.45) is 16.5 Å². The van der Waals surface area contributed by atoms with Gasteiger partial charge in [-0.2, -0.15) is 0 Å². The standard InChI is InChI=1S/C22H32N6O4S/c1-15(23)14-19(22(8-10-25-11-9-22)33(31,32)18-6-7-18)28-20(24)16-2-4-17(5-3-16)27-21(30)26-12-13-29/h2-5,14,18,25,29H,1,6-13,23H2,(H2,24,28)(H2,26,27,30)/b19-14-. The molecule has 2 fully saturated rings. The van der Waals surface area contributed by atoms with Crippen molar-refractivity contribution in [2.45, 2.75) is 35.7 Å². The SMILES string of the molecule is C=C(N)/C=C(\N=C(/N)c1ccc(NC(=O)NCCO)cc1)C1(S(=O)(=O)C2CC2)CCNCC1. The van der Waals surface area contributed by atoms with E-state index < -0.39 is 20.6 Å². The van der Waals surface area contributed by atoms with E-state index in [0.717, 1.165) is 0 Å². The molecule has 2 aliphatic rings. The van der Waals surface area contributed by atoms with Gasteiger partial charge in [0.05, 0.1) is 17.6 Å². The Morgan fingerprint density at radius 2 is 1.88 bits per heavy atom. The highest BCUT2D eigenvalue weighted by Crippen LogP contribution is 2.45. The van der Waals surface area contributed by atoms with Crippen molar-refractivity contribution in [3.8, 4) is 0 Å². The van der Waals surface area contributed by atoms with Gasteiger partial charge in [-0.1, -0.05) is 6.58 Å². The third-order valence-corrected chi connectivity index (χ3v) is 8.84. The molecule has 0 radical (unpaired) electrons. The molecule has 0 atom stereocenters. The molecule has 180 valence electrons. The van der Waals surface area contributed by atoms with Crippen molar-refractivity contribution in [3.63, 3.8) is 0 Å². The summed E-state index contributed by atoms with van der Waals surface area (Å²) in [5, 5.41) is 16.8. The van der Waals surface area contributed by atoms with Gasteiger partial charge in [-0.25, -0.2) is 18.2 Å². The van der Waals surface area contributed by atoms with E-state index in [1.165, 1.54) is 6.08 Å². The summed E-state index contributed by atoms with van der Waals surface area (Å²) in [5.74, 6) is 0.141. The van der Waals surface area contributed by atoms with Crippen molar-refractivity contribution >= 4 is 27.4 Å². The number of urea groups is 1. The van der Waals surface area contributed by atoms with E-state index in [4.69, 9.17) is 16.6 Å². The molecular weight excluding hydrogens is 444 g/mol. The number of allylic oxidation sites excluding steroid dienone is 1. The second-order valence-electron chi connectivity index (χ2n) is 8.27. The number of amidine groups is 1. The van der Waals surface area contributed by atoms with Crippen LogP contribution in [0, 0.1) is 0 Å². The summed E-state index contributed by atoms with van der Waals surface area (Å²) < 4.78 is 25.9. The molecule has 1 aliphatic carbocycles. The molecule has 8 N–H and O–H groups in total. The normalized spacial score (nSPS) is 19.1. The molecule has 0 unspecified atom stereocenters. The van der Waals surface area contributed by atoms with Crippen LogP contribution in [0.5, 0.6) is 0 Å². The lowest BCUT2D eigenvalue weighted by Crippen LogP contribution is -2.50. The number of anilines is 1. The molecular formula is C22H32N6O4S. The summed E-state index contributed by atoms with van der Waals surface area (Å²) >= 11 is 0. The Kier molecular flexibility index (Phi) is 7.77. The van der Waals surface area contributed by atoms with E-state index in [-0.39, 0.29) is 29.9 Å². The Labute approximate surface area is 194 Å². The lowest BCUT2D eigenvalue weighted by atomic mass is 9.92. The van der Waals surface area contributed by atoms with Crippen LogP contribution in [0.15, 0.2) is 53.3 Å². The highest BCUT2D eigenvalue weighted by Gasteiger charge is 2.54. The first-order valence-corrected chi connectivity index (χ1v) is 12.5. The molecule has 10 nitrogen and oxygen atoms in total. The van der Waals surface area contributed by atoms with Crippen molar-refractivity contribution in [1.29, 1.82) is 0 Å². The molecule has 1 aromatic rings. The molecule has 1 heterocycles. The number of aliphatic imine (C=N–C) groups is 1. The maximum Gasteiger partial charge on any atom is 0.319 e.